The molecule has 2 N–H and O–H groups in total. The van der Waals surface area contributed by atoms with Crippen molar-refractivity contribution in [3.63, 3.8) is 0 Å². The van der Waals surface area contributed by atoms with Gasteiger partial charge in [0.15, 0.2) is 11.6 Å². The highest BCUT2D eigenvalue weighted by molar-refractivity contribution is 5.92. The van der Waals surface area contributed by atoms with Crippen molar-refractivity contribution < 1.29 is 13.9 Å². The minimum absolute atomic E-state index is 0. The van der Waals surface area contributed by atoms with Crippen LogP contribution in [-0.4, -0.2) is 24.0 Å². The van der Waals surface area contributed by atoms with Crippen molar-refractivity contribution in [1.29, 1.82) is 0 Å². The van der Waals surface area contributed by atoms with Crippen molar-refractivity contribution in [1.82, 2.24) is 10.3 Å². The fourth-order valence-corrected chi connectivity index (χ4v) is 2.66. The fraction of sp³-hybridized carbons (Fsp3) is 0.333. The SMILES string of the molecule is Cl.O=C(Nc1ccc(OCc2ccccn2)c(F)c1)C1CCNCC1. The van der Waals surface area contributed by atoms with Gasteiger partial charge in [-0.1, -0.05) is 6.07 Å². The van der Waals surface area contributed by atoms with Crippen LogP contribution in [0.4, 0.5) is 10.1 Å². The highest BCUT2D eigenvalue weighted by atomic mass is 35.5. The molecule has 2 heterocycles. The summed E-state index contributed by atoms with van der Waals surface area (Å²) in [5.41, 5.74) is 1.17. The molecule has 2 aromatic rings. The molecule has 0 unspecified atom stereocenters. The predicted molar refractivity (Wildman–Crippen MR) is 96.4 cm³/mol. The van der Waals surface area contributed by atoms with Crippen molar-refractivity contribution >= 4 is 24.0 Å². The maximum Gasteiger partial charge on any atom is 0.227 e. The Kier molecular flexibility index (Phi) is 7.16. The monoisotopic (exact) mass is 365 g/mol. The van der Waals surface area contributed by atoms with E-state index in [1.54, 1.807) is 12.3 Å². The fourth-order valence-electron chi connectivity index (χ4n) is 2.66. The van der Waals surface area contributed by atoms with Gasteiger partial charge in [0.05, 0.1) is 5.69 Å². The molecule has 1 aromatic heterocycles. The number of hydrogen-bond donors (Lipinski definition) is 2. The van der Waals surface area contributed by atoms with Crippen LogP contribution in [0.25, 0.3) is 0 Å². The number of carbonyl (C=O) groups excluding carboxylic acids is 1. The number of amides is 1. The normalized spacial score (nSPS) is 14.4. The number of piperidine rings is 1. The molecular formula is C18H21ClFN3O2. The maximum atomic E-state index is 14.1. The summed E-state index contributed by atoms with van der Waals surface area (Å²) in [4.78, 5) is 16.3. The van der Waals surface area contributed by atoms with Gasteiger partial charge >= 0.3 is 0 Å². The second-order valence-corrected chi connectivity index (χ2v) is 5.77. The van der Waals surface area contributed by atoms with E-state index in [2.05, 4.69) is 15.6 Å². The number of aromatic nitrogens is 1. The zero-order valence-electron chi connectivity index (χ0n) is 13.7. The van der Waals surface area contributed by atoms with Gasteiger partial charge in [-0.05, 0) is 50.2 Å². The summed E-state index contributed by atoms with van der Waals surface area (Å²) in [6.45, 7) is 1.87. The highest BCUT2D eigenvalue weighted by Crippen LogP contribution is 2.23. The van der Waals surface area contributed by atoms with E-state index in [9.17, 15) is 9.18 Å². The number of benzene rings is 1. The summed E-state index contributed by atoms with van der Waals surface area (Å²) in [6, 6.07) is 9.93. The van der Waals surface area contributed by atoms with E-state index in [0.29, 0.717) is 5.69 Å². The molecule has 1 aliphatic rings. The molecule has 0 spiro atoms. The summed E-state index contributed by atoms with van der Waals surface area (Å²) in [5.74, 6) is -0.443. The Morgan fingerprint density at radius 3 is 2.76 bits per heavy atom. The molecule has 0 saturated carbocycles. The van der Waals surface area contributed by atoms with Crippen LogP contribution in [0.2, 0.25) is 0 Å². The van der Waals surface area contributed by atoms with E-state index in [0.717, 1.165) is 31.6 Å². The Morgan fingerprint density at radius 1 is 1.28 bits per heavy atom. The average Bonchev–Trinajstić information content (AvgIpc) is 2.62. The first-order chi connectivity index (χ1) is 11.7. The number of carbonyl (C=O) groups is 1. The van der Waals surface area contributed by atoms with Crippen LogP contribution in [0.3, 0.4) is 0 Å². The van der Waals surface area contributed by atoms with E-state index in [1.807, 2.05) is 18.2 Å². The van der Waals surface area contributed by atoms with Crippen molar-refractivity contribution in [3.05, 3.63) is 54.1 Å². The van der Waals surface area contributed by atoms with Gasteiger partial charge in [0, 0.05) is 23.9 Å². The topological polar surface area (TPSA) is 63.2 Å². The lowest BCUT2D eigenvalue weighted by molar-refractivity contribution is -0.120. The quantitative estimate of drug-likeness (QED) is 0.854. The number of anilines is 1. The van der Waals surface area contributed by atoms with Gasteiger partial charge in [0.2, 0.25) is 5.91 Å². The summed E-state index contributed by atoms with van der Waals surface area (Å²) < 4.78 is 19.6. The lowest BCUT2D eigenvalue weighted by atomic mass is 9.97. The highest BCUT2D eigenvalue weighted by Gasteiger charge is 2.21. The Morgan fingerprint density at radius 2 is 2.08 bits per heavy atom. The van der Waals surface area contributed by atoms with Crippen molar-refractivity contribution in [3.8, 4) is 5.75 Å². The molecule has 134 valence electrons. The summed E-state index contributed by atoms with van der Waals surface area (Å²) in [6.07, 6.45) is 3.27. The van der Waals surface area contributed by atoms with Gasteiger partial charge < -0.3 is 15.4 Å². The van der Waals surface area contributed by atoms with Gasteiger partial charge in [0.1, 0.15) is 6.61 Å². The Labute approximate surface area is 152 Å². The molecule has 3 rings (SSSR count). The first-order valence-corrected chi connectivity index (χ1v) is 8.06. The van der Waals surface area contributed by atoms with Gasteiger partial charge in [-0.25, -0.2) is 4.39 Å². The lowest BCUT2D eigenvalue weighted by Crippen LogP contribution is -2.34. The van der Waals surface area contributed by atoms with Crippen LogP contribution in [0, 0.1) is 11.7 Å². The van der Waals surface area contributed by atoms with Crippen molar-refractivity contribution in [2.45, 2.75) is 19.4 Å². The van der Waals surface area contributed by atoms with E-state index >= 15 is 0 Å². The number of hydrogen-bond acceptors (Lipinski definition) is 4. The summed E-state index contributed by atoms with van der Waals surface area (Å²) in [7, 11) is 0. The van der Waals surface area contributed by atoms with E-state index < -0.39 is 5.82 Å². The zero-order valence-corrected chi connectivity index (χ0v) is 14.5. The molecule has 1 fully saturated rings. The van der Waals surface area contributed by atoms with Gasteiger partial charge in [-0.3, -0.25) is 9.78 Å². The third-order valence-electron chi connectivity index (χ3n) is 4.01. The first-order valence-electron chi connectivity index (χ1n) is 8.06. The van der Waals surface area contributed by atoms with Crippen LogP contribution >= 0.6 is 12.4 Å². The van der Waals surface area contributed by atoms with Gasteiger partial charge in [-0.2, -0.15) is 0 Å². The second-order valence-electron chi connectivity index (χ2n) is 5.77. The van der Waals surface area contributed by atoms with E-state index in [-0.39, 0.29) is 36.6 Å². The van der Waals surface area contributed by atoms with Gasteiger partial charge in [-0.15, -0.1) is 12.4 Å². The molecule has 25 heavy (non-hydrogen) atoms. The summed E-state index contributed by atoms with van der Waals surface area (Å²) >= 11 is 0. The average molecular weight is 366 g/mol. The molecule has 1 saturated heterocycles. The summed E-state index contributed by atoms with van der Waals surface area (Å²) in [5, 5.41) is 5.99. The smallest absolute Gasteiger partial charge is 0.227 e. The van der Waals surface area contributed by atoms with Crippen LogP contribution in [0.15, 0.2) is 42.6 Å². The minimum atomic E-state index is -0.506. The molecule has 7 heteroatoms. The number of nitrogens with one attached hydrogen (secondary N) is 2. The maximum absolute atomic E-state index is 14.1. The third kappa shape index (κ3) is 5.41. The minimum Gasteiger partial charge on any atom is -0.484 e. The lowest BCUT2D eigenvalue weighted by Gasteiger charge is -2.21. The molecule has 0 atom stereocenters. The molecule has 5 nitrogen and oxygen atoms in total. The largest absolute Gasteiger partial charge is 0.484 e. The molecule has 1 aliphatic heterocycles. The van der Waals surface area contributed by atoms with Crippen molar-refractivity contribution in [2.24, 2.45) is 5.92 Å². The zero-order chi connectivity index (χ0) is 16.8. The van der Waals surface area contributed by atoms with Crippen LogP contribution in [0.1, 0.15) is 18.5 Å². The Balaban J connectivity index is 0.00000225. The standard InChI is InChI=1S/C18H20FN3O2.ClH/c19-16-11-14(22-18(23)13-6-9-20-10-7-13)4-5-17(16)24-12-15-3-1-2-8-21-15;/h1-5,8,11,13,20H,6-7,9-10,12H2,(H,22,23);1H. The van der Waals surface area contributed by atoms with Crippen LogP contribution in [-0.2, 0) is 11.4 Å². The number of ether oxygens (including phenoxy) is 1. The molecule has 1 amide bonds. The van der Waals surface area contributed by atoms with E-state index in [1.165, 1.54) is 12.1 Å². The molecule has 0 radical (unpaired) electrons. The Hall–Kier alpha value is -2.18. The molecule has 0 aliphatic carbocycles. The van der Waals surface area contributed by atoms with Gasteiger partial charge in [0.25, 0.3) is 0 Å². The molecule has 1 aromatic carbocycles. The van der Waals surface area contributed by atoms with Crippen molar-refractivity contribution in [2.75, 3.05) is 18.4 Å². The number of halogens is 2. The first kappa shape index (κ1) is 19.1. The molecular weight excluding hydrogens is 345 g/mol. The number of pyridine rings is 1. The second kappa shape index (κ2) is 9.34. The van der Waals surface area contributed by atoms with Crippen LogP contribution < -0.4 is 15.4 Å². The predicted octanol–water partition coefficient (Wildman–Crippen LogP) is 3.16. The van der Waals surface area contributed by atoms with E-state index in [4.69, 9.17) is 4.74 Å². The molecule has 0 bridgehead atoms. The number of nitrogens with zero attached hydrogens (tertiary/aromatic N) is 1. The Bertz CT molecular complexity index is 694. The third-order valence-corrected chi connectivity index (χ3v) is 4.01. The van der Waals surface area contributed by atoms with Crippen LogP contribution in [0.5, 0.6) is 5.75 Å². The number of rotatable bonds is 5.